The molecule has 0 spiro atoms. The predicted octanol–water partition coefficient (Wildman–Crippen LogP) is 3.98. The zero-order chi connectivity index (χ0) is 21.1. The van der Waals surface area contributed by atoms with Gasteiger partial charge in [-0.3, -0.25) is 4.79 Å². The molecular formula is C20H19N7OS2. The number of rotatable bonds is 6. The van der Waals surface area contributed by atoms with Crippen LogP contribution >= 0.6 is 23.1 Å². The Balaban J connectivity index is 1.41. The molecule has 8 nitrogen and oxygen atoms in total. The van der Waals surface area contributed by atoms with Crippen molar-refractivity contribution >= 4 is 34.7 Å². The molecule has 30 heavy (non-hydrogen) atoms. The maximum absolute atomic E-state index is 12.4. The van der Waals surface area contributed by atoms with Crippen molar-refractivity contribution < 1.29 is 4.79 Å². The quantitative estimate of drug-likeness (QED) is 0.456. The van der Waals surface area contributed by atoms with Gasteiger partial charge in [0.15, 0.2) is 0 Å². The zero-order valence-corrected chi connectivity index (χ0v) is 18.3. The van der Waals surface area contributed by atoms with Crippen molar-refractivity contribution in [1.29, 1.82) is 0 Å². The third-order valence-corrected chi connectivity index (χ3v) is 6.51. The molecule has 0 saturated carbocycles. The summed E-state index contributed by atoms with van der Waals surface area (Å²) in [6.07, 6.45) is 0. The number of anilines is 1. The van der Waals surface area contributed by atoms with Crippen LogP contribution in [0.4, 0.5) is 5.69 Å². The van der Waals surface area contributed by atoms with Crippen LogP contribution in [0.5, 0.6) is 0 Å². The Labute approximate surface area is 181 Å². The van der Waals surface area contributed by atoms with Gasteiger partial charge >= 0.3 is 0 Å². The molecule has 2 aromatic carbocycles. The van der Waals surface area contributed by atoms with E-state index in [-0.39, 0.29) is 5.91 Å². The fraction of sp³-hybridized carbons (Fsp3) is 0.200. The second kappa shape index (κ2) is 8.72. The molecular weight excluding hydrogens is 418 g/mol. The number of nitrogens with one attached hydrogen (secondary N) is 1. The van der Waals surface area contributed by atoms with Crippen molar-refractivity contribution in [2.75, 3.05) is 5.32 Å². The molecule has 0 aliphatic carbocycles. The van der Waals surface area contributed by atoms with E-state index in [2.05, 4.69) is 44.9 Å². The average Bonchev–Trinajstić information content (AvgIpc) is 3.39. The van der Waals surface area contributed by atoms with E-state index in [1.54, 1.807) is 4.68 Å². The number of benzene rings is 2. The minimum atomic E-state index is -0.271. The maximum Gasteiger partial charge on any atom is 0.286 e. The van der Waals surface area contributed by atoms with E-state index in [0.717, 1.165) is 21.9 Å². The number of amides is 1. The largest absolute Gasteiger partial charge is 0.320 e. The number of aryl methyl sites for hydroxylation is 3. The van der Waals surface area contributed by atoms with Crippen molar-refractivity contribution in [2.45, 2.75) is 31.7 Å². The molecule has 0 bridgehead atoms. The average molecular weight is 438 g/mol. The van der Waals surface area contributed by atoms with E-state index >= 15 is 0 Å². The number of aromatic nitrogens is 6. The minimum absolute atomic E-state index is 0.271. The van der Waals surface area contributed by atoms with Gasteiger partial charge in [-0.1, -0.05) is 46.9 Å². The van der Waals surface area contributed by atoms with Gasteiger partial charge in [-0.15, -0.1) is 15.3 Å². The minimum Gasteiger partial charge on any atom is -0.320 e. The third kappa shape index (κ3) is 4.55. The van der Waals surface area contributed by atoms with Gasteiger partial charge in [-0.25, -0.2) is 0 Å². The normalized spacial score (nSPS) is 10.9. The van der Waals surface area contributed by atoms with E-state index in [9.17, 15) is 4.79 Å². The van der Waals surface area contributed by atoms with Crippen molar-refractivity contribution in [3.63, 3.8) is 0 Å². The molecule has 0 saturated heterocycles. The number of nitrogens with zero attached hydrogens (tertiary/aromatic N) is 6. The standard InChI is InChI=1S/C20H19N7OS2/c1-12-4-7-15(8-5-12)21-18(28)19-23-22-17(30-19)11-29-20-24-25-26-27(20)16-9-6-13(2)14(3)10-16/h4-10H,11H2,1-3H3,(H,21,28). The van der Waals surface area contributed by atoms with E-state index < -0.39 is 0 Å². The molecule has 0 radical (unpaired) electrons. The van der Waals surface area contributed by atoms with E-state index in [1.807, 2.05) is 49.4 Å². The molecule has 1 N–H and O–H groups in total. The van der Waals surface area contributed by atoms with Crippen LogP contribution in [0.2, 0.25) is 0 Å². The van der Waals surface area contributed by atoms with Gasteiger partial charge in [0.2, 0.25) is 10.2 Å². The van der Waals surface area contributed by atoms with Gasteiger partial charge < -0.3 is 5.32 Å². The summed E-state index contributed by atoms with van der Waals surface area (Å²) in [5, 5.41) is 24.7. The first-order valence-corrected chi connectivity index (χ1v) is 11.0. The van der Waals surface area contributed by atoms with Crippen LogP contribution in [0.3, 0.4) is 0 Å². The predicted molar refractivity (Wildman–Crippen MR) is 117 cm³/mol. The van der Waals surface area contributed by atoms with Crippen LogP contribution < -0.4 is 5.32 Å². The third-order valence-electron chi connectivity index (χ3n) is 4.47. The Morgan fingerprint density at radius 2 is 1.83 bits per heavy atom. The molecule has 4 rings (SSSR count). The highest BCUT2D eigenvalue weighted by Gasteiger charge is 2.15. The second-order valence-electron chi connectivity index (χ2n) is 6.75. The molecule has 2 aromatic heterocycles. The van der Waals surface area contributed by atoms with Crippen LogP contribution in [0, 0.1) is 20.8 Å². The smallest absolute Gasteiger partial charge is 0.286 e. The van der Waals surface area contributed by atoms with Gasteiger partial charge in [0.1, 0.15) is 5.01 Å². The molecule has 1 amide bonds. The number of tetrazole rings is 1. The maximum atomic E-state index is 12.4. The van der Waals surface area contributed by atoms with Gasteiger partial charge in [0, 0.05) is 5.69 Å². The van der Waals surface area contributed by atoms with Crippen LogP contribution in [0.25, 0.3) is 5.69 Å². The highest BCUT2D eigenvalue weighted by atomic mass is 32.2. The van der Waals surface area contributed by atoms with Crippen LogP contribution in [-0.2, 0) is 5.75 Å². The SMILES string of the molecule is Cc1ccc(NC(=O)c2nnc(CSc3nnnn3-c3ccc(C)c(C)c3)s2)cc1. The Hall–Kier alpha value is -3.11. The summed E-state index contributed by atoms with van der Waals surface area (Å²) in [7, 11) is 0. The van der Waals surface area contributed by atoms with E-state index in [1.165, 1.54) is 34.2 Å². The van der Waals surface area contributed by atoms with Gasteiger partial charge in [0.05, 0.1) is 11.4 Å². The molecule has 152 valence electrons. The highest BCUT2D eigenvalue weighted by Crippen LogP contribution is 2.25. The zero-order valence-electron chi connectivity index (χ0n) is 16.7. The fourth-order valence-electron chi connectivity index (χ4n) is 2.64. The molecule has 0 atom stereocenters. The number of hydrogen-bond donors (Lipinski definition) is 1. The van der Waals surface area contributed by atoms with Gasteiger partial charge in [0.25, 0.3) is 5.91 Å². The second-order valence-corrected chi connectivity index (χ2v) is 8.76. The molecule has 0 aliphatic rings. The van der Waals surface area contributed by atoms with Crippen LogP contribution in [0.15, 0.2) is 47.6 Å². The summed E-state index contributed by atoms with van der Waals surface area (Å²) in [6, 6.07) is 13.7. The Bertz CT molecular complexity index is 1180. The Morgan fingerprint density at radius 1 is 1.03 bits per heavy atom. The lowest BCUT2D eigenvalue weighted by atomic mass is 10.1. The number of hydrogen-bond acceptors (Lipinski definition) is 8. The first-order chi connectivity index (χ1) is 14.5. The number of carbonyl (C=O) groups is 1. The highest BCUT2D eigenvalue weighted by molar-refractivity contribution is 7.98. The lowest BCUT2D eigenvalue weighted by Gasteiger charge is -2.06. The van der Waals surface area contributed by atoms with Gasteiger partial charge in [-0.2, -0.15) is 4.68 Å². The Morgan fingerprint density at radius 3 is 2.60 bits per heavy atom. The molecule has 10 heteroatoms. The first-order valence-electron chi connectivity index (χ1n) is 9.19. The molecule has 0 unspecified atom stereocenters. The fourth-order valence-corrected chi connectivity index (χ4v) is 4.25. The summed E-state index contributed by atoms with van der Waals surface area (Å²) in [6.45, 7) is 6.12. The summed E-state index contributed by atoms with van der Waals surface area (Å²) in [4.78, 5) is 12.4. The number of thioether (sulfide) groups is 1. The molecule has 0 fully saturated rings. The monoisotopic (exact) mass is 437 g/mol. The van der Waals surface area contributed by atoms with Gasteiger partial charge in [-0.05, 0) is 66.6 Å². The topological polar surface area (TPSA) is 98.5 Å². The van der Waals surface area contributed by atoms with Crippen molar-refractivity contribution in [2.24, 2.45) is 0 Å². The van der Waals surface area contributed by atoms with Crippen molar-refractivity contribution in [3.05, 3.63) is 69.2 Å². The summed E-state index contributed by atoms with van der Waals surface area (Å²) in [5.41, 5.74) is 5.15. The van der Waals surface area contributed by atoms with E-state index in [0.29, 0.717) is 15.9 Å². The first kappa shape index (κ1) is 20.2. The summed E-state index contributed by atoms with van der Waals surface area (Å²) < 4.78 is 1.70. The molecule has 4 aromatic rings. The van der Waals surface area contributed by atoms with Crippen LogP contribution in [0.1, 0.15) is 31.5 Å². The molecule has 2 heterocycles. The Kier molecular flexibility index (Phi) is 5.86. The lowest BCUT2D eigenvalue weighted by Crippen LogP contribution is -2.11. The molecule has 0 aliphatic heterocycles. The van der Waals surface area contributed by atoms with Crippen molar-refractivity contribution in [3.8, 4) is 5.69 Å². The summed E-state index contributed by atoms with van der Waals surface area (Å²) >= 11 is 2.70. The number of carbonyl (C=O) groups excluding carboxylic acids is 1. The lowest BCUT2D eigenvalue weighted by molar-refractivity contribution is 0.102. The van der Waals surface area contributed by atoms with Crippen molar-refractivity contribution in [1.82, 2.24) is 30.4 Å². The van der Waals surface area contributed by atoms with E-state index in [4.69, 9.17) is 0 Å². The van der Waals surface area contributed by atoms with Crippen LogP contribution in [-0.4, -0.2) is 36.3 Å². The summed E-state index contributed by atoms with van der Waals surface area (Å²) in [5.74, 6) is 0.244.